The number of hydrogen-bond acceptors (Lipinski definition) is 2. The van der Waals surface area contributed by atoms with Crippen molar-refractivity contribution in [1.82, 2.24) is 9.88 Å². The van der Waals surface area contributed by atoms with Gasteiger partial charge in [-0.25, -0.2) is 0 Å². The molecule has 0 spiro atoms. The molecule has 0 fully saturated rings. The van der Waals surface area contributed by atoms with Gasteiger partial charge in [0.25, 0.3) is 5.56 Å². The highest BCUT2D eigenvalue weighted by Crippen LogP contribution is 2.28. The second kappa shape index (κ2) is 6.90. The molecule has 1 unspecified atom stereocenters. The van der Waals surface area contributed by atoms with Crippen LogP contribution >= 0.6 is 0 Å². The highest BCUT2D eigenvalue weighted by molar-refractivity contribution is 5.27. The molecule has 3 nitrogen and oxygen atoms in total. The molecule has 1 aliphatic rings. The van der Waals surface area contributed by atoms with Gasteiger partial charge in [0.15, 0.2) is 0 Å². The number of rotatable bonds is 6. The molecule has 0 bridgehead atoms. The zero-order chi connectivity index (χ0) is 13.7. The minimum absolute atomic E-state index is 0.173. The van der Waals surface area contributed by atoms with Gasteiger partial charge in [-0.05, 0) is 37.8 Å². The first-order chi connectivity index (χ1) is 9.27. The molecule has 0 aliphatic heterocycles. The van der Waals surface area contributed by atoms with Crippen molar-refractivity contribution in [3.05, 3.63) is 33.7 Å². The van der Waals surface area contributed by atoms with Crippen LogP contribution < -0.4 is 10.9 Å². The van der Waals surface area contributed by atoms with Crippen LogP contribution in [0.1, 0.15) is 63.3 Å². The van der Waals surface area contributed by atoms with Crippen LogP contribution in [0.5, 0.6) is 0 Å². The maximum atomic E-state index is 12.1. The first-order valence-corrected chi connectivity index (χ1v) is 7.74. The zero-order valence-corrected chi connectivity index (χ0v) is 12.2. The van der Waals surface area contributed by atoms with E-state index in [2.05, 4.69) is 19.2 Å². The second-order valence-corrected chi connectivity index (χ2v) is 5.43. The lowest BCUT2D eigenvalue weighted by atomic mass is 9.90. The fraction of sp³-hybridized carbons (Fsp3) is 0.688. The molecule has 1 heterocycles. The van der Waals surface area contributed by atoms with E-state index in [0.717, 1.165) is 25.9 Å². The Morgan fingerprint density at radius 2 is 2.16 bits per heavy atom. The molecule has 19 heavy (non-hydrogen) atoms. The summed E-state index contributed by atoms with van der Waals surface area (Å²) in [4.78, 5) is 12.1. The number of unbranched alkanes of at least 4 members (excludes halogenated alkanes) is 2. The summed E-state index contributed by atoms with van der Waals surface area (Å²) in [6.07, 6.45) is 6.94. The lowest BCUT2D eigenvalue weighted by Crippen LogP contribution is -2.31. The lowest BCUT2D eigenvalue weighted by molar-refractivity contribution is 0.444. The summed E-state index contributed by atoms with van der Waals surface area (Å²) < 4.78 is 2.02. The van der Waals surface area contributed by atoms with E-state index >= 15 is 0 Å². The molecule has 1 N–H and O–H groups in total. The van der Waals surface area contributed by atoms with Gasteiger partial charge >= 0.3 is 0 Å². The van der Waals surface area contributed by atoms with Crippen LogP contribution in [-0.2, 0) is 13.0 Å². The molecule has 0 saturated carbocycles. The molecule has 0 saturated heterocycles. The maximum Gasteiger partial charge on any atom is 0.250 e. The molecule has 1 aliphatic carbocycles. The number of aromatic nitrogens is 1. The van der Waals surface area contributed by atoms with E-state index in [1.807, 2.05) is 10.6 Å². The fourth-order valence-corrected chi connectivity index (χ4v) is 3.09. The third-order valence-electron chi connectivity index (χ3n) is 4.05. The molecular weight excluding hydrogens is 236 g/mol. The second-order valence-electron chi connectivity index (χ2n) is 5.43. The molecular formula is C16H26N2O. The molecule has 3 heteroatoms. The van der Waals surface area contributed by atoms with E-state index in [9.17, 15) is 4.79 Å². The Kier molecular flexibility index (Phi) is 5.20. The Balaban J connectivity index is 2.27. The number of nitrogens with one attached hydrogen (secondary N) is 1. The molecule has 0 aromatic carbocycles. The van der Waals surface area contributed by atoms with Crippen molar-refractivity contribution in [2.24, 2.45) is 0 Å². The Morgan fingerprint density at radius 3 is 2.89 bits per heavy atom. The van der Waals surface area contributed by atoms with Crippen LogP contribution in [0.15, 0.2) is 16.9 Å². The Labute approximate surface area is 116 Å². The van der Waals surface area contributed by atoms with E-state index in [-0.39, 0.29) is 5.56 Å². The van der Waals surface area contributed by atoms with Gasteiger partial charge in [-0.2, -0.15) is 0 Å². The molecule has 0 amide bonds. The normalized spacial score (nSPS) is 18.3. The quantitative estimate of drug-likeness (QED) is 0.800. The monoisotopic (exact) mass is 262 g/mol. The minimum Gasteiger partial charge on any atom is -0.312 e. The predicted octanol–water partition coefficient (Wildman–Crippen LogP) is 3.03. The summed E-state index contributed by atoms with van der Waals surface area (Å²) in [7, 11) is 0. The number of fused-ring (bicyclic) bond motifs is 1. The van der Waals surface area contributed by atoms with E-state index in [1.165, 1.54) is 36.9 Å². The molecule has 1 atom stereocenters. The highest BCUT2D eigenvalue weighted by atomic mass is 16.1. The van der Waals surface area contributed by atoms with Gasteiger partial charge in [-0.1, -0.05) is 32.8 Å². The van der Waals surface area contributed by atoms with Gasteiger partial charge < -0.3 is 9.88 Å². The summed E-state index contributed by atoms with van der Waals surface area (Å²) in [5.74, 6) is 0. The largest absolute Gasteiger partial charge is 0.312 e. The topological polar surface area (TPSA) is 34.0 Å². The van der Waals surface area contributed by atoms with Crippen molar-refractivity contribution in [3.63, 3.8) is 0 Å². The van der Waals surface area contributed by atoms with Crippen molar-refractivity contribution < 1.29 is 0 Å². The molecule has 106 valence electrons. The van der Waals surface area contributed by atoms with Crippen LogP contribution in [-0.4, -0.2) is 11.1 Å². The summed E-state index contributed by atoms with van der Waals surface area (Å²) in [5, 5.41) is 3.54. The zero-order valence-electron chi connectivity index (χ0n) is 12.2. The minimum atomic E-state index is 0.173. The number of hydrogen-bond donors (Lipinski definition) is 1. The third-order valence-corrected chi connectivity index (χ3v) is 4.05. The van der Waals surface area contributed by atoms with Crippen molar-refractivity contribution in [2.75, 3.05) is 6.54 Å². The average molecular weight is 262 g/mol. The molecule has 0 radical (unpaired) electrons. The van der Waals surface area contributed by atoms with Gasteiger partial charge in [-0.15, -0.1) is 0 Å². The van der Waals surface area contributed by atoms with Gasteiger partial charge in [0, 0.05) is 24.3 Å². The van der Waals surface area contributed by atoms with Crippen molar-refractivity contribution in [1.29, 1.82) is 0 Å². The molecule has 1 aromatic heterocycles. The van der Waals surface area contributed by atoms with Crippen molar-refractivity contribution in [2.45, 2.75) is 65.0 Å². The standard InChI is InChI=1S/C16H26N2O/c1-3-5-6-12-18-15-9-7-8-14(17-4-2)13(15)10-11-16(18)19/h10-11,14,17H,3-9,12H2,1-2H3. The number of nitrogens with zero attached hydrogens (tertiary/aromatic N) is 1. The third kappa shape index (κ3) is 3.27. The van der Waals surface area contributed by atoms with Crippen molar-refractivity contribution >= 4 is 0 Å². The van der Waals surface area contributed by atoms with E-state index in [4.69, 9.17) is 0 Å². The van der Waals surface area contributed by atoms with Crippen LogP contribution in [0.25, 0.3) is 0 Å². The summed E-state index contributed by atoms with van der Waals surface area (Å²) >= 11 is 0. The van der Waals surface area contributed by atoms with Crippen LogP contribution in [0, 0.1) is 0 Å². The summed E-state index contributed by atoms with van der Waals surface area (Å²) in [6, 6.07) is 4.23. The molecule has 2 rings (SSSR count). The first-order valence-electron chi connectivity index (χ1n) is 7.74. The van der Waals surface area contributed by atoms with E-state index in [1.54, 1.807) is 6.07 Å². The highest BCUT2D eigenvalue weighted by Gasteiger charge is 2.22. The molecule has 1 aromatic rings. The average Bonchev–Trinajstić information content (AvgIpc) is 2.42. The smallest absolute Gasteiger partial charge is 0.250 e. The summed E-state index contributed by atoms with van der Waals surface area (Å²) in [5.41, 5.74) is 2.80. The van der Waals surface area contributed by atoms with Gasteiger partial charge in [0.05, 0.1) is 0 Å². The van der Waals surface area contributed by atoms with E-state index < -0.39 is 0 Å². The maximum absolute atomic E-state index is 12.1. The Bertz CT molecular complexity index is 464. The van der Waals surface area contributed by atoms with Crippen molar-refractivity contribution in [3.8, 4) is 0 Å². The van der Waals surface area contributed by atoms with Crippen LogP contribution in [0.3, 0.4) is 0 Å². The Morgan fingerprint density at radius 1 is 1.32 bits per heavy atom. The SMILES string of the molecule is CCCCCn1c2c(ccc1=O)C(NCC)CCC2. The summed E-state index contributed by atoms with van der Waals surface area (Å²) in [6.45, 7) is 6.21. The van der Waals surface area contributed by atoms with Crippen LogP contribution in [0.2, 0.25) is 0 Å². The van der Waals surface area contributed by atoms with Gasteiger partial charge in [0.2, 0.25) is 0 Å². The predicted molar refractivity (Wildman–Crippen MR) is 79.6 cm³/mol. The van der Waals surface area contributed by atoms with Crippen LogP contribution in [0.4, 0.5) is 0 Å². The van der Waals surface area contributed by atoms with Gasteiger partial charge in [-0.3, -0.25) is 4.79 Å². The fourth-order valence-electron chi connectivity index (χ4n) is 3.09. The lowest BCUT2D eigenvalue weighted by Gasteiger charge is -2.28. The van der Waals surface area contributed by atoms with E-state index in [0.29, 0.717) is 6.04 Å². The first kappa shape index (κ1) is 14.3. The van der Waals surface area contributed by atoms with Gasteiger partial charge in [0.1, 0.15) is 0 Å². The Hall–Kier alpha value is -1.09. The number of pyridine rings is 1.